The summed E-state index contributed by atoms with van der Waals surface area (Å²) in [5.74, 6) is 0.558. The van der Waals surface area contributed by atoms with Crippen LogP contribution in [0, 0.1) is 0 Å². The first-order chi connectivity index (χ1) is 9.01. The fraction of sp³-hybridized carbons (Fsp3) is 0.692. The first kappa shape index (κ1) is 16.4. The summed E-state index contributed by atoms with van der Waals surface area (Å²) in [5.41, 5.74) is 0.950. The summed E-state index contributed by atoms with van der Waals surface area (Å²) in [6, 6.07) is 0.199. The van der Waals surface area contributed by atoms with E-state index in [0.717, 1.165) is 30.1 Å². The van der Waals surface area contributed by atoms with E-state index in [1.165, 1.54) is 0 Å². The number of likely N-dealkylation sites (N-methyl/N-ethyl adjacent to an activating group) is 1. The molecule has 0 aliphatic heterocycles. The van der Waals surface area contributed by atoms with Gasteiger partial charge in [-0.05, 0) is 33.9 Å². The molecule has 0 radical (unpaired) electrons. The second-order valence-corrected chi connectivity index (χ2v) is 6.14. The van der Waals surface area contributed by atoms with Gasteiger partial charge in [-0.25, -0.2) is 4.98 Å². The number of nitrogens with zero attached hydrogens (tertiary/aromatic N) is 2. The molecule has 1 heterocycles. The molecule has 0 bridgehead atoms. The monoisotopic (exact) mass is 303 g/mol. The minimum absolute atomic E-state index is 0.0798. The predicted octanol–water partition coefficient (Wildman–Crippen LogP) is 2.27. The average Bonchev–Trinajstić information content (AvgIpc) is 2.75. The molecule has 0 fully saturated rings. The standard InChI is InChI=1S/C13H22ClN3OS/c1-10(2)15-12(18)8-17(3)6-4-5-13-16-11(7-14)9-19-13/h9-10H,4-8H2,1-3H3,(H,15,18). The Morgan fingerprint density at radius 1 is 1.58 bits per heavy atom. The Hall–Kier alpha value is -0.650. The van der Waals surface area contributed by atoms with Crippen molar-refractivity contribution in [1.82, 2.24) is 15.2 Å². The molecule has 6 heteroatoms. The molecule has 0 saturated carbocycles. The Bertz CT molecular complexity index is 395. The number of hydrogen-bond acceptors (Lipinski definition) is 4. The molecule has 0 aliphatic rings. The van der Waals surface area contributed by atoms with Crippen LogP contribution in [0.3, 0.4) is 0 Å². The molecule has 0 aromatic carbocycles. The normalized spacial score (nSPS) is 11.3. The summed E-state index contributed by atoms with van der Waals surface area (Å²) in [4.78, 5) is 18.0. The lowest BCUT2D eigenvalue weighted by Gasteiger charge is -2.16. The van der Waals surface area contributed by atoms with E-state index in [4.69, 9.17) is 11.6 Å². The zero-order valence-corrected chi connectivity index (χ0v) is 13.4. The van der Waals surface area contributed by atoms with Gasteiger partial charge in [0.25, 0.3) is 0 Å². The molecule has 0 spiro atoms. The van der Waals surface area contributed by atoms with Crippen molar-refractivity contribution >= 4 is 28.8 Å². The lowest BCUT2D eigenvalue weighted by Crippen LogP contribution is -2.38. The van der Waals surface area contributed by atoms with E-state index in [0.29, 0.717) is 12.4 Å². The second-order valence-electron chi connectivity index (χ2n) is 4.93. The summed E-state index contributed by atoms with van der Waals surface area (Å²) in [7, 11) is 1.96. The summed E-state index contributed by atoms with van der Waals surface area (Å²) in [5, 5.41) is 6.01. The van der Waals surface area contributed by atoms with Crippen LogP contribution in [-0.4, -0.2) is 42.0 Å². The van der Waals surface area contributed by atoms with Crippen LogP contribution >= 0.6 is 22.9 Å². The van der Waals surface area contributed by atoms with E-state index in [9.17, 15) is 4.79 Å². The average molecular weight is 304 g/mol. The van der Waals surface area contributed by atoms with Crippen molar-refractivity contribution in [3.8, 4) is 0 Å². The Morgan fingerprint density at radius 2 is 2.32 bits per heavy atom. The highest BCUT2D eigenvalue weighted by Gasteiger charge is 2.08. The van der Waals surface area contributed by atoms with Crippen molar-refractivity contribution in [3.05, 3.63) is 16.1 Å². The summed E-state index contributed by atoms with van der Waals surface area (Å²) in [6.07, 6.45) is 1.94. The van der Waals surface area contributed by atoms with Gasteiger partial charge in [0.2, 0.25) is 5.91 Å². The van der Waals surface area contributed by atoms with Crippen LogP contribution in [-0.2, 0) is 17.1 Å². The first-order valence-corrected chi connectivity index (χ1v) is 7.89. The highest BCUT2D eigenvalue weighted by Crippen LogP contribution is 2.13. The molecule has 1 rings (SSSR count). The second kappa shape index (κ2) is 8.51. The Kier molecular flexibility index (Phi) is 7.34. The van der Waals surface area contributed by atoms with Crippen LogP contribution < -0.4 is 5.32 Å². The van der Waals surface area contributed by atoms with E-state index < -0.39 is 0 Å². The molecule has 0 aliphatic carbocycles. The molecule has 108 valence electrons. The highest BCUT2D eigenvalue weighted by molar-refractivity contribution is 7.09. The SMILES string of the molecule is CC(C)NC(=O)CN(C)CCCc1nc(CCl)cs1. The van der Waals surface area contributed by atoms with Crippen LogP contribution in [0.4, 0.5) is 0 Å². The van der Waals surface area contributed by atoms with Gasteiger partial charge in [-0.1, -0.05) is 0 Å². The van der Waals surface area contributed by atoms with Gasteiger partial charge in [0.05, 0.1) is 23.1 Å². The number of carbonyl (C=O) groups excluding carboxylic acids is 1. The molecule has 1 aromatic heterocycles. The number of carbonyl (C=O) groups is 1. The van der Waals surface area contributed by atoms with Crippen LogP contribution in [0.2, 0.25) is 0 Å². The summed E-state index contributed by atoms with van der Waals surface area (Å²) >= 11 is 7.37. The van der Waals surface area contributed by atoms with E-state index in [1.807, 2.05) is 31.2 Å². The number of alkyl halides is 1. The fourth-order valence-electron chi connectivity index (χ4n) is 1.72. The van der Waals surface area contributed by atoms with E-state index >= 15 is 0 Å². The number of nitrogens with one attached hydrogen (secondary N) is 1. The van der Waals surface area contributed by atoms with Crippen molar-refractivity contribution in [2.24, 2.45) is 0 Å². The molecule has 0 saturated heterocycles. The maximum Gasteiger partial charge on any atom is 0.234 e. The van der Waals surface area contributed by atoms with Crippen LogP contribution in [0.5, 0.6) is 0 Å². The largest absolute Gasteiger partial charge is 0.353 e. The molecule has 4 nitrogen and oxygen atoms in total. The van der Waals surface area contributed by atoms with E-state index in [1.54, 1.807) is 11.3 Å². The maximum atomic E-state index is 11.6. The number of hydrogen-bond donors (Lipinski definition) is 1. The quantitative estimate of drug-likeness (QED) is 0.749. The van der Waals surface area contributed by atoms with Crippen LogP contribution in [0.15, 0.2) is 5.38 Å². The van der Waals surface area contributed by atoms with Gasteiger partial charge in [-0.15, -0.1) is 22.9 Å². The number of halogens is 1. The van der Waals surface area contributed by atoms with Crippen molar-refractivity contribution in [1.29, 1.82) is 0 Å². The molecule has 1 amide bonds. The third-order valence-electron chi connectivity index (χ3n) is 2.53. The minimum atomic E-state index is 0.0798. The van der Waals surface area contributed by atoms with Crippen molar-refractivity contribution in [3.63, 3.8) is 0 Å². The number of thiazole rings is 1. The Labute approximate surface area is 124 Å². The number of aromatic nitrogens is 1. The number of rotatable bonds is 8. The predicted molar refractivity (Wildman–Crippen MR) is 80.8 cm³/mol. The third-order valence-corrected chi connectivity index (χ3v) is 3.76. The lowest BCUT2D eigenvalue weighted by molar-refractivity contribution is -0.122. The van der Waals surface area contributed by atoms with Crippen LogP contribution in [0.1, 0.15) is 31.0 Å². The zero-order valence-electron chi connectivity index (χ0n) is 11.8. The highest BCUT2D eigenvalue weighted by atomic mass is 35.5. The molecule has 1 N–H and O–H groups in total. The van der Waals surface area contributed by atoms with Gasteiger partial charge in [0.1, 0.15) is 0 Å². The Balaban J connectivity index is 2.19. The van der Waals surface area contributed by atoms with Crippen molar-refractivity contribution in [2.45, 2.75) is 38.6 Å². The maximum absolute atomic E-state index is 11.6. The van der Waals surface area contributed by atoms with Gasteiger partial charge < -0.3 is 5.32 Å². The van der Waals surface area contributed by atoms with Crippen molar-refractivity contribution in [2.75, 3.05) is 20.1 Å². The number of amides is 1. The lowest BCUT2D eigenvalue weighted by atomic mass is 10.3. The van der Waals surface area contributed by atoms with Gasteiger partial charge in [-0.2, -0.15) is 0 Å². The van der Waals surface area contributed by atoms with Gasteiger partial charge >= 0.3 is 0 Å². The molecule has 0 unspecified atom stereocenters. The first-order valence-electron chi connectivity index (χ1n) is 6.48. The summed E-state index contributed by atoms with van der Waals surface area (Å²) in [6.45, 7) is 5.27. The molecule has 19 heavy (non-hydrogen) atoms. The molecular formula is C13H22ClN3OS. The van der Waals surface area contributed by atoms with Crippen molar-refractivity contribution < 1.29 is 4.79 Å². The smallest absolute Gasteiger partial charge is 0.234 e. The minimum Gasteiger partial charge on any atom is -0.353 e. The fourth-order valence-corrected chi connectivity index (χ4v) is 2.79. The topological polar surface area (TPSA) is 45.2 Å². The molecule has 0 atom stereocenters. The van der Waals surface area contributed by atoms with E-state index in [2.05, 4.69) is 10.3 Å². The van der Waals surface area contributed by atoms with Gasteiger partial charge in [0.15, 0.2) is 0 Å². The zero-order chi connectivity index (χ0) is 14.3. The third kappa shape index (κ3) is 6.89. The Morgan fingerprint density at radius 3 is 2.89 bits per heavy atom. The van der Waals surface area contributed by atoms with E-state index in [-0.39, 0.29) is 11.9 Å². The molecular weight excluding hydrogens is 282 g/mol. The van der Waals surface area contributed by atoms with Crippen LogP contribution in [0.25, 0.3) is 0 Å². The number of aryl methyl sites for hydroxylation is 1. The van der Waals surface area contributed by atoms with Gasteiger partial charge in [0, 0.05) is 17.8 Å². The van der Waals surface area contributed by atoms with Gasteiger partial charge in [-0.3, -0.25) is 9.69 Å². The molecule has 1 aromatic rings. The summed E-state index contributed by atoms with van der Waals surface area (Å²) < 4.78 is 0.